The zero-order valence-corrected chi connectivity index (χ0v) is 17.4. The molecule has 0 saturated heterocycles. The highest BCUT2D eigenvalue weighted by Crippen LogP contribution is 2.56. The molecule has 4 aliphatic rings. The molecule has 4 aliphatic carbocycles. The minimum absolute atomic E-state index is 0.0364. The molecule has 0 unspecified atom stereocenters. The second kappa shape index (κ2) is 7.65. The predicted molar refractivity (Wildman–Crippen MR) is 112 cm³/mol. The average molecular weight is 429 g/mol. The highest BCUT2D eigenvalue weighted by Gasteiger charge is 2.51. The first-order chi connectivity index (χ1) is 14.5. The number of hydrogen-bond donors (Lipinski definition) is 2. The van der Waals surface area contributed by atoms with Gasteiger partial charge >= 0.3 is 0 Å². The summed E-state index contributed by atoms with van der Waals surface area (Å²) < 4.78 is 1.10. The van der Waals surface area contributed by atoms with Crippen molar-refractivity contribution in [2.75, 3.05) is 5.32 Å². The van der Waals surface area contributed by atoms with Gasteiger partial charge in [-0.15, -0.1) is 0 Å². The van der Waals surface area contributed by atoms with Gasteiger partial charge in [0.05, 0.1) is 18.1 Å². The summed E-state index contributed by atoms with van der Waals surface area (Å²) in [6.45, 7) is 0.122. The van der Waals surface area contributed by atoms with Gasteiger partial charge in [0.2, 0.25) is 5.91 Å². The Morgan fingerprint density at radius 2 is 1.83 bits per heavy atom. The van der Waals surface area contributed by atoms with Crippen molar-refractivity contribution in [3.63, 3.8) is 0 Å². The second-order valence-corrected chi connectivity index (χ2v) is 9.56. The fraction of sp³-hybridized carbons (Fsp3) is 0.571. The van der Waals surface area contributed by atoms with Crippen LogP contribution in [0.15, 0.2) is 29.5 Å². The second-order valence-electron chi connectivity index (χ2n) is 9.19. The van der Waals surface area contributed by atoms with Crippen molar-refractivity contribution in [3.8, 4) is 0 Å². The number of amides is 1. The molecule has 4 bridgehead atoms. The summed E-state index contributed by atoms with van der Waals surface area (Å²) in [6.07, 6.45) is 12.2. The zero-order chi connectivity index (χ0) is 20.7. The summed E-state index contributed by atoms with van der Waals surface area (Å²) in [5.41, 5.74) is 0.997. The lowest BCUT2D eigenvalue weighted by molar-refractivity contribution is -0.122. The van der Waals surface area contributed by atoms with Gasteiger partial charge in [-0.2, -0.15) is 15.3 Å². The van der Waals surface area contributed by atoms with Crippen LogP contribution in [-0.2, 0) is 17.9 Å². The summed E-state index contributed by atoms with van der Waals surface area (Å²) >= 11 is 6.41. The molecule has 2 N–H and O–H groups in total. The molecule has 9 heteroatoms. The lowest BCUT2D eigenvalue weighted by Gasteiger charge is -2.57. The largest absolute Gasteiger partial charge is 0.377 e. The van der Waals surface area contributed by atoms with Crippen LogP contribution in [0.25, 0.3) is 0 Å². The zero-order valence-electron chi connectivity index (χ0n) is 16.7. The third-order valence-electron chi connectivity index (χ3n) is 6.85. The van der Waals surface area contributed by atoms with Crippen molar-refractivity contribution in [2.24, 2.45) is 17.8 Å². The highest BCUT2D eigenvalue weighted by molar-refractivity contribution is 6.33. The van der Waals surface area contributed by atoms with Crippen LogP contribution >= 0.6 is 11.6 Å². The van der Waals surface area contributed by atoms with Gasteiger partial charge in [-0.05, 0) is 67.9 Å². The molecule has 2 aromatic rings. The van der Waals surface area contributed by atoms with E-state index in [0.29, 0.717) is 12.2 Å². The molecule has 2 heterocycles. The van der Waals surface area contributed by atoms with E-state index in [1.165, 1.54) is 19.3 Å². The number of anilines is 1. The minimum Gasteiger partial charge on any atom is -0.377 e. The smallest absolute Gasteiger partial charge is 0.288 e. The molecule has 0 atom stereocenters. The fourth-order valence-electron chi connectivity index (χ4n) is 6.03. The number of carbonyl (C=O) groups is 1. The molecule has 30 heavy (non-hydrogen) atoms. The first kappa shape index (κ1) is 19.5. The van der Waals surface area contributed by atoms with Crippen LogP contribution in [0.2, 0.25) is 5.02 Å². The normalized spacial score (nSPS) is 29.0. The van der Waals surface area contributed by atoms with Gasteiger partial charge in [0.25, 0.3) is 5.56 Å². The Morgan fingerprint density at radius 1 is 1.13 bits per heavy atom. The van der Waals surface area contributed by atoms with Crippen molar-refractivity contribution in [1.82, 2.24) is 25.3 Å². The van der Waals surface area contributed by atoms with Crippen molar-refractivity contribution in [1.29, 1.82) is 0 Å². The van der Waals surface area contributed by atoms with E-state index in [1.54, 1.807) is 24.7 Å². The maximum atomic E-state index is 12.7. The number of halogens is 1. The third kappa shape index (κ3) is 3.80. The molecule has 4 fully saturated rings. The summed E-state index contributed by atoms with van der Waals surface area (Å²) in [5.74, 6) is 2.04. The average Bonchev–Trinajstić information content (AvgIpc) is 2.72. The standard InChI is InChI=1S/C21H25ClN6O2/c22-19-17(27-21-6-14-3-15(7-21)5-16(4-14)8-21)11-26-28(20(19)30)12-18(29)23-9-13-1-2-24-25-10-13/h1-2,10-11,14-16,27H,3-9,12H2,(H,23,29). The summed E-state index contributed by atoms with van der Waals surface area (Å²) in [5, 5.41) is 18.1. The van der Waals surface area contributed by atoms with Gasteiger partial charge < -0.3 is 10.6 Å². The number of hydrogen-bond acceptors (Lipinski definition) is 6. The van der Waals surface area contributed by atoms with E-state index >= 15 is 0 Å². The van der Waals surface area contributed by atoms with Crippen molar-refractivity contribution < 1.29 is 4.79 Å². The predicted octanol–water partition coefficient (Wildman–Crippen LogP) is 2.38. The molecule has 0 spiro atoms. The summed E-state index contributed by atoms with van der Waals surface area (Å²) in [7, 11) is 0. The maximum absolute atomic E-state index is 12.7. The van der Waals surface area contributed by atoms with Crippen LogP contribution in [0.1, 0.15) is 44.1 Å². The Hall–Kier alpha value is -2.48. The number of nitrogens with zero attached hydrogens (tertiary/aromatic N) is 4. The Morgan fingerprint density at radius 3 is 2.47 bits per heavy atom. The van der Waals surface area contributed by atoms with E-state index in [0.717, 1.165) is 47.3 Å². The van der Waals surface area contributed by atoms with Crippen LogP contribution in [0.5, 0.6) is 0 Å². The van der Waals surface area contributed by atoms with Crippen LogP contribution < -0.4 is 16.2 Å². The van der Waals surface area contributed by atoms with Crippen LogP contribution in [-0.4, -0.2) is 31.4 Å². The van der Waals surface area contributed by atoms with Crippen molar-refractivity contribution in [2.45, 2.75) is 57.2 Å². The van der Waals surface area contributed by atoms with Gasteiger partial charge in [0.1, 0.15) is 11.6 Å². The molecular formula is C21H25ClN6O2. The van der Waals surface area contributed by atoms with Crippen molar-refractivity contribution >= 4 is 23.2 Å². The van der Waals surface area contributed by atoms with Gasteiger partial charge in [-0.25, -0.2) is 4.68 Å². The molecule has 6 rings (SSSR count). The molecule has 0 aliphatic heterocycles. The number of aromatic nitrogens is 4. The lowest BCUT2D eigenvalue weighted by atomic mass is 9.53. The fourth-order valence-corrected chi connectivity index (χ4v) is 6.22. The lowest BCUT2D eigenvalue weighted by Crippen LogP contribution is -2.55. The Bertz CT molecular complexity index is 973. The van der Waals surface area contributed by atoms with Gasteiger partial charge in [0, 0.05) is 18.3 Å². The molecule has 8 nitrogen and oxygen atoms in total. The quantitative estimate of drug-likeness (QED) is 0.732. The van der Waals surface area contributed by atoms with E-state index in [-0.39, 0.29) is 23.0 Å². The molecule has 0 aromatic carbocycles. The minimum atomic E-state index is -0.452. The van der Waals surface area contributed by atoms with Gasteiger partial charge in [-0.1, -0.05) is 11.6 Å². The molecule has 2 aromatic heterocycles. The van der Waals surface area contributed by atoms with Crippen molar-refractivity contribution in [3.05, 3.63) is 45.6 Å². The maximum Gasteiger partial charge on any atom is 0.288 e. The SMILES string of the molecule is O=C(Cn1ncc(NC23CC4CC(CC(C4)C2)C3)c(Cl)c1=O)NCc1ccnnc1. The Labute approximate surface area is 179 Å². The molecule has 0 radical (unpaired) electrons. The topological polar surface area (TPSA) is 102 Å². The highest BCUT2D eigenvalue weighted by atomic mass is 35.5. The molecular weight excluding hydrogens is 404 g/mol. The molecule has 158 valence electrons. The van der Waals surface area contributed by atoms with E-state index in [9.17, 15) is 9.59 Å². The van der Waals surface area contributed by atoms with E-state index in [2.05, 4.69) is 25.9 Å². The van der Waals surface area contributed by atoms with E-state index in [1.807, 2.05) is 0 Å². The Balaban J connectivity index is 1.26. The number of carbonyl (C=O) groups excluding carboxylic acids is 1. The first-order valence-electron chi connectivity index (χ1n) is 10.6. The third-order valence-corrected chi connectivity index (χ3v) is 7.22. The number of nitrogens with one attached hydrogen (secondary N) is 2. The van der Waals surface area contributed by atoms with Crippen LogP contribution in [0.3, 0.4) is 0 Å². The van der Waals surface area contributed by atoms with Gasteiger partial charge in [0.15, 0.2) is 0 Å². The molecule has 4 saturated carbocycles. The summed E-state index contributed by atoms with van der Waals surface area (Å²) in [6, 6.07) is 1.76. The van der Waals surface area contributed by atoms with E-state index in [4.69, 9.17) is 11.6 Å². The molecule has 1 amide bonds. The summed E-state index contributed by atoms with van der Waals surface area (Å²) in [4.78, 5) is 24.9. The monoisotopic (exact) mass is 428 g/mol. The van der Waals surface area contributed by atoms with Crippen LogP contribution in [0.4, 0.5) is 5.69 Å². The van der Waals surface area contributed by atoms with Crippen LogP contribution in [0, 0.1) is 17.8 Å². The number of rotatable bonds is 6. The van der Waals surface area contributed by atoms with E-state index < -0.39 is 5.56 Å². The van der Waals surface area contributed by atoms with Gasteiger partial charge in [-0.3, -0.25) is 9.59 Å². The first-order valence-corrected chi connectivity index (χ1v) is 10.9. The Kier molecular flexibility index (Phi) is 4.97.